The molecule has 0 unspecified atom stereocenters. The molecule has 0 aliphatic carbocycles. The first-order valence-corrected chi connectivity index (χ1v) is 10.1. The predicted molar refractivity (Wildman–Crippen MR) is 120 cm³/mol. The summed E-state index contributed by atoms with van der Waals surface area (Å²) in [5, 5.41) is 11.5. The molecule has 1 aliphatic rings. The normalized spacial score (nSPS) is 14.8. The van der Waals surface area contributed by atoms with Gasteiger partial charge >= 0.3 is 6.09 Å². The molecule has 0 aromatic heterocycles. The van der Waals surface area contributed by atoms with E-state index in [-0.39, 0.29) is 12.3 Å². The number of ether oxygens (including phenoxy) is 1. The van der Waals surface area contributed by atoms with Crippen molar-refractivity contribution in [2.24, 2.45) is 0 Å². The molecule has 3 aromatic rings. The number of anilines is 1. The zero-order chi connectivity index (χ0) is 22.7. The van der Waals surface area contributed by atoms with Crippen LogP contribution in [0, 0.1) is 10.1 Å². The summed E-state index contributed by atoms with van der Waals surface area (Å²) in [6.45, 7) is 0.0478. The fourth-order valence-electron chi connectivity index (χ4n) is 3.62. The van der Waals surface area contributed by atoms with E-state index < -0.39 is 17.1 Å². The molecule has 0 spiro atoms. The van der Waals surface area contributed by atoms with Crippen LogP contribution in [-0.2, 0) is 16.1 Å². The average molecular weight is 449 g/mol. The molecule has 0 saturated carbocycles. The van der Waals surface area contributed by atoms with Gasteiger partial charge in [0.15, 0.2) is 0 Å². The lowest BCUT2D eigenvalue weighted by atomic mass is 9.91. The van der Waals surface area contributed by atoms with Gasteiger partial charge in [-0.25, -0.2) is 4.79 Å². The number of benzene rings is 3. The van der Waals surface area contributed by atoms with E-state index in [1.54, 1.807) is 24.3 Å². The van der Waals surface area contributed by atoms with Gasteiger partial charge in [-0.15, -0.1) is 0 Å². The zero-order valence-corrected chi connectivity index (χ0v) is 17.4. The summed E-state index contributed by atoms with van der Waals surface area (Å²) in [5.41, 5.74) is 2.66. The number of nitro benzene ring substituents is 1. The summed E-state index contributed by atoms with van der Waals surface area (Å²) in [6.07, 6.45) is 1.66. The Bertz CT molecular complexity index is 1210. The van der Waals surface area contributed by atoms with Crippen LogP contribution < -0.4 is 4.90 Å². The SMILES string of the molecule is O=CC1=Cc2cc(Cl)ccc2N(C(=O)OCc2ccccc2)[C@@H]1c1ccc([N+](=O)[O-])cc1. The molecule has 1 amide bonds. The smallest absolute Gasteiger partial charge is 0.415 e. The molecule has 32 heavy (non-hydrogen) atoms. The van der Waals surface area contributed by atoms with Gasteiger partial charge in [0, 0.05) is 28.3 Å². The van der Waals surface area contributed by atoms with Crippen LogP contribution in [0.2, 0.25) is 5.02 Å². The predicted octanol–water partition coefficient (Wildman–Crippen LogP) is 5.73. The van der Waals surface area contributed by atoms with Crippen molar-refractivity contribution in [3.8, 4) is 0 Å². The van der Waals surface area contributed by atoms with Crippen LogP contribution in [0.1, 0.15) is 22.7 Å². The number of aldehydes is 1. The Morgan fingerprint density at radius 3 is 2.47 bits per heavy atom. The van der Waals surface area contributed by atoms with Crippen LogP contribution in [-0.4, -0.2) is 17.3 Å². The highest BCUT2D eigenvalue weighted by atomic mass is 35.5. The number of nitro groups is 1. The standard InChI is InChI=1S/C24H17ClN2O5/c25-20-8-11-22-18(13-20)12-19(14-28)23(17-6-9-21(10-7-17)27(30)31)26(22)24(29)32-15-16-4-2-1-3-5-16/h1-14,23H,15H2/t23-/m1/s1. The van der Waals surface area contributed by atoms with Crippen molar-refractivity contribution in [2.75, 3.05) is 4.90 Å². The summed E-state index contributed by atoms with van der Waals surface area (Å²) in [7, 11) is 0. The van der Waals surface area contributed by atoms with E-state index in [1.165, 1.54) is 29.2 Å². The number of carbonyl (C=O) groups is 2. The molecule has 160 valence electrons. The first kappa shape index (κ1) is 21.3. The van der Waals surface area contributed by atoms with Gasteiger partial charge in [-0.1, -0.05) is 41.9 Å². The van der Waals surface area contributed by atoms with Gasteiger partial charge in [0.25, 0.3) is 5.69 Å². The third kappa shape index (κ3) is 4.24. The molecule has 3 aromatic carbocycles. The molecule has 1 heterocycles. The van der Waals surface area contributed by atoms with E-state index in [2.05, 4.69) is 0 Å². The number of hydrogen-bond donors (Lipinski definition) is 0. The summed E-state index contributed by atoms with van der Waals surface area (Å²) < 4.78 is 5.56. The Balaban J connectivity index is 1.75. The number of halogens is 1. The maximum Gasteiger partial charge on any atom is 0.415 e. The first-order valence-electron chi connectivity index (χ1n) is 9.68. The van der Waals surface area contributed by atoms with E-state index in [9.17, 15) is 19.7 Å². The molecule has 1 atom stereocenters. The lowest BCUT2D eigenvalue weighted by Gasteiger charge is -2.35. The second-order valence-electron chi connectivity index (χ2n) is 7.13. The Morgan fingerprint density at radius 1 is 1.09 bits per heavy atom. The van der Waals surface area contributed by atoms with Crippen molar-refractivity contribution < 1.29 is 19.2 Å². The summed E-state index contributed by atoms with van der Waals surface area (Å²) in [5.74, 6) is 0. The number of non-ortho nitro benzene ring substituents is 1. The van der Waals surface area contributed by atoms with Gasteiger partial charge in [0.2, 0.25) is 0 Å². The van der Waals surface area contributed by atoms with Crippen LogP contribution in [0.5, 0.6) is 0 Å². The molecule has 1 aliphatic heterocycles. The van der Waals surface area contributed by atoms with E-state index in [0.717, 1.165) is 5.56 Å². The van der Waals surface area contributed by atoms with Crippen molar-refractivity contribution in [2.45, 2.75) is 12.6 Å². The van der Waals surface area contributed by atoms with Gasteiger partial charge in [0.05, 0.1) is 16.7 Å². The van der Waals surface area contributed by atoms with E-state index in [4.69, 9.17) is 16.3 Å². The maximum absolute atomic E-state index is 13.3. The highest BCUT2D eigenvalue weighted by Gasteiger charge is 2.35. The number of rotatable bonds is 5. The van der Waals surface area contributed by atoms with Gasteiger partial charge in [-0.05, 0) is 47.5 Å². The molecule has 4 rings (SSSR count). The van der Waals surface area contributed by atoms with E-state index in [1.807, 2.05) is 30.3 Å². The second-order valence-corrected chi connectivity index (χ2v) is 7.56. The Hall–Kier alpha value is -3.97. The van der Waals surface area contributed by atoms with Crippen LogP contribution in [0.15, 0.2) is 78.4 Å². The zero-order valence-electron chi connectivity index (χ0n) is 16.7. The number of hydrogen-bond acceptors (Lipinski definition) is 5. The minimum absolute atomic E-state index is 0.0478. The molecule has 7 nitrogen and oxygen atoms in total. The largest absolute Gasteiger partial charge is 0.444 e. The van der Waals surface area contributed by atoms with Crippen LogP contribution in [0.25, 0.3) is 6.08 Å². The third-order valence-corrected chi connectivity index (χ3v) is 5.34. The van der Waals surface area contributed by atoms with Gasteiger partial charge in [0.1, 0.15) is 12.9 Å². The molecule has 0 N–H and O–H groups in total. The maximum atomic E-state index is 13.3. The number of amides is 1. The number of fused-ring (bicyclic) bond motifs is 1. The summed E-state index contributed by atoms with van der Waals surface area (Å²) in [4.78, 5) is 37.1. The fraction of sp³-hybridized carbons (Fsp3) is 0.0833. The van der Waals surface area contributed by atoms with Crippen molar-refractivity contribution in [1.29, 1.82) is 0 Å². The van der Waals surface area contributed by atoms with E-state index >= 15 is 0 Å². The average Bonchev–Trinajstić information content (AvgIpc) is 2.81. The molecule has 0 radical (unpaired) electrons. The Labute approximate surface area is 188 Å². The minimum atomic E-state index is -0.815. The monoisotopic (exact) mass is 448 g/mol. The number of carbonyl (C=O) groups excluding carboxylic acids is 2. The van der Waals surface area contributed by atoms with Crippen molar-refractivity contribution in [3.05, 3.63) is 110 Å². The Morgan fingerprint density at radius 2 is 1.81 bits per heavy atom. The molecule has 0 bridgehead atoms. The molecular weight excluding hydrogens is 432 g/mol. The lowest BCUT2D eigenvalue weighted by Crippen LogP contribution is -2.38. The van der Waals surface area contributed by atoms with Gasteiger partial charge in [-0.2, -0.15) is 0 Å². The lowest BCUT2D eigenvalue weighted by molar-refractivity contribution is -0.384. The topological polar surface area (TPSA) is 89.8 Å². The van der Waals surface area contributed by atoms with Gasteiger partial charge in [-0.3, -0.25) is 19.8 Å². The summed E-state index contributed by atoms with van der Waals surface area (Å²) >= 11 is 6.12. The van der Waals surface area contributed by atoms with Crippen molar-refractivity contribution in [1.82, 2.24) is 0 Å². The molecule has 0 fully saturated rings. The highest BCUT2D eigenvalue weighted by Crippen LogP contribution is 2.42. The second kappa shape index (κ2) is 9.03. The van der Waals surface area contributed by atoms with Crippen molar-refractivity contribution in [3.63, 3.8) is 0 Å². The molecule has 0 saturated heterocycles. The quantitative estimate of drug-likeness (QED) is 0.282. The summed E-state index contributed by atoms with van der Waals surface area (Å²) in [6, 6.07) is 19.1. The molecular formula is C24H17ClN2O5. The molecule has 8 heteroatoms. The van der Waals surface area contributed by atoms with Crippen LogP contribution in [0.4, 0.5) is 16.2 Å². The van der Waals surface area contributed by atoms with Gasteiger partial charge < -0.3 is 4.74 Å². The van der Waals surface area contributed by atoms with Crippen LogP contribution >= 0.6 is 11.6 Å². The Kier molecular flexibility index (Phi) is 6.00. The first-order chi connectivity index (χ1) is 15.5. The number of nitrogens with zero attached hydrogens (tertiary/aromatic N) is 2. The van der Waals surface area contributed by atoms with Crippen LogP contribution in [0.3, 0.4) is 0 Å². The minimum Gasteiger partial charge on any atom is -0.444 e. The van der Waals surface area contributed by atoms with E-state index in [0.29, 0.717) is 33.7 Å². The highest BCUT2D eigenvalue weighted by molar-refractivity contribution is 6.31. The van der Waals surface area contributed by atoms with Crippen molar-refractivity contribution >= 4 is 41.4 Å². The fourth-order valence-corrected chi connectivity index (χ4v) is 3.80. The third-order valence-electron chi connectivity index (χ3n) is 5.10.